The molecule has 7 heteroatoms. The number of anilines is 1. The molecule has 0 aliphatic carbocycles. The van der Waals surface area contributed by atoms with Gasteiger partial charge in [-0.25, -0.2) is 19.4 Å². The van der Waals surface area contributed by atoms with E-state index >= 15 is 0 Å². The lowest BCUT2D eigenvalue weighted by molar-refractivity contribution is 0.0602. The van der Waals surface area contributed by atoms with E-state index < -0.39 is 5.97 Å². The molecule has 0 aliphatic rings. The van der Waals surface area contributed by atoms with Crippen molar-refractivity contribution >= 4 is 22.7 Å². The summed E-state index contributed by atoms with van der Waals surface area (Å²) in [6.45, 7) is 0. The van der Waals surface area contributed by atoms with Gasteiger partial charge in [0.15, 0.2) is 11.6 Å². The Morgan fingerprint density at radius 1 is 1.30 bits per heavy atom. The second-order valence-electron chi connectivity index (χ2n) is 4.07. The highest BCUT2D eigenvalue weighted by Gasteiger charge is 2.15. The summed E-state index contributed by atoms with van der Waals surface area (Å²) >= 11 is 0. The van der Waals surface area contributed by atoms with E-state index in [4.69, 9.17) is 10.5 Å². The normalized spacial score (nSPS) is 10.7. The van der Waals surface area contributed by atoms with Crippen molar-refractivity contribution in [2.24, 2.45) is 0 Å². The monoisotopic (exact) mass is 269 g/mol. The summed E-state index contributed by atoms with van der Waals surface area (Å²) in [4.78, 5) is 19.8. The Balaban J connectivity index is 2.21. The minimum Gasteiger partial charge on any atom is -0.465 e. The second-order valence-corrected chi connectivity index (χ2v) is 4.07. The fourth-order valence-electron chi connectivity index (χ4n) is 1.95. The average Bonchev–Trinajstić information content (AvgIpc) is 2.90. The fourth-order valence-corrected chi connectivity index (χ4v) is 1.95. The van der Waals surface area contributed by atoms with E-state index in [-0.39, 0.29) is 5.82 Å². The summed E-state index contributed by atoms with van der Waals surface area (Å²) in [6.07, 6.45) is 4.77. The molecule has 2 aromatic heterocycles. The maximum absolute atomic E-state index is 11.7. The van der Waals surface area contributed by atoms with E-state index in [1.54, 1.807) is 18.3 Å². The van der Waals surface area contributed by atoms with Crippen LogP contribution >= 0.6 is 0 Å². The molecule has 3 rings (SSSR count). The molecule has 0 fully saturated rings. The molecular weight excluding hydrogens is 258 g/mol. The van der Waals surface area contributed by atoms with Crippen molar-refractivity contribution in [1.29, 1.82) is 0 Å². The van der Waals surface area contributed by atoms with Gasteiger partial charge in [0.05, 0.1) is 12.7 Å². The number of carbonyl (C=O) groups excluding carboxylic acids is 1. The summed E-state index contributed by atoms with van der Waals surface area (Å²) in [5.41, 5.74) is 6.70. The number of ether oxygens (including phenoxy) is 1. The second kappa shape index (κ2) is 4.61. The number of rotatable bonds is 2. The van der Waals surface area contributed by atoms with E-state index in [0.717, 1.165) is 5.39 Å². The van der Waals surface area contributed by atoms with E-state index in [2.05, 4.69) is 15.1 Å². The Kier molecular flexibility index (Phi) is 2.79. The van der Waals surface area contributed by atoms with E-state index in [1.807, 2.05) is 6.07 Å². The standard InChI is InChI=1S/C13H11N5O2/c1-20-13(19)9-4-2-3-8-7-18(17-10(8)9)12-11(14)15-5-6-16-12/h2-7H,1H3,(H2,14,15). The quantitative estimate of drug-likeness (QED) is 0.702. The Bertz CT molecular complexity index is 796. The molecular formula is C13H11N5O2. The Morgan fingerprint density at radius 2 is 2.10 bits per heavy atom. The minimum atomic E-state index is -0.437. The number of methoxy groups -OCH3 is 1. The van der Waals surface area contributed by atoms with Crippen molar-refractivity contribution in [2.45, 2.75) is 0 Å². The molecule has 0 amide bonds. The number of nitrogens with two attached hydrogens (primary N) is 1. The number of aromatic nitrogens is 4. The van der Waals surface area contributed by atoms with Crippen molar-refractivity contribution in [3.63, 3.8) is 0 Å². The smallest absolute Gasteiger partial charge is 0.340 e. The number of esters is 1. The number of benzene rings is 1. The third-order valence-electron chi connectivity index (χ3n) is 2.86. The zero-order valence-electron chi connectivity index (χ0n) is 10.6. The molecule has 7 nitrogen and oxygen atoms in total. The molecule has 2 heterocycles. The first-order valence-corrected chi connectivity index (χ1v) is 5.84. The van der Waals surface area contributed by atoms with Crippen LogP contribution in [0.4, 0.5) is 5.82 Å². The molecule has 0 atom stereocenters. The van der Waals surface area contributed by atoms with Crippen LogP contribution in [0.25, 0.3) is 16.7 Å². The van der Waals surface area contributed by atoms with E-state index in [0.29, 0.717) is 16.9 Å². The van der Waals surface area contributed by atoms with Crippen LogP contribution in [0.15, 0.2) is 36.8 Å². The molecule has 0 saturated heterocycles. The molecule has 20 heavy (non-hydrogen) atoms. The van der Waals surface area contributed by atoms with Gasteiger partial charge in [-0.3, -0.25) is 0 Å². The fraction of sp³-hybridized carbons (Fsp3) is 0.0769. The van der Waals surface area contributed by atoms with Crippen LogP contribution in [-0.4, -0.2) is 32.8 Å². The summed E-state index contributed by atoms with van der Waals surface area (Å²) < 4.78 is 6.24. The first-order valence-electron chi connectivity index (χ1n) is 5.84. The van der Waals surface area contributed by atoms with Gasteiger partial charge in [0.1, 0.15) is 5.52 Å². The predicted molar refractivity (Wildman–Crippen MR) is 72.4 cm³/mol. The Labute approximate surface area is 114 Å². The number of nitrogens with zero attached hydrogens (tertiary/aromatic N) is 4. The molecule has 1 aromatic carbocycles. The molecule has 100 valence electrons. The molecule has 3 aromatic rings. The predicted octanol–water partition coefficient (Wildman–Crippen LogP) is 1.18. The lowest BCUT2D eigenvalue weighted by atomic mass is 10.1. The number of nitrogen functional groups attached to an aromatic ring is 1. The maximum atomic E-state index is 11.7. The summed E-state index contributed by atoms with van der Waals surface area (Å²) in [5.74, 6) is 0.243. The van der Waals surface area contributed by atoms with Crippen LogP contribution in [0, 0.1) is 0 Å². The zero-order valence-corrected chi connectivity index (χ0v) is 10.6. The highest BCUT2D eigenvalue weighted by molar-refractivity contribution is 6.02. The third kappa shape index (κ3) is 1.85. The van der Waals surface area contributed by atoms with E-state index in [1.165, 1.54) is 24.2 Å². The number of fused-ring (bicyclic) bond motifs is 1. The topological polar surface area (TPSA) is 95.9 Å². The molecule has 0 aliphatic heterocycles. The van der Waals surface area contributed by atoms with Gasteiger partial charge in [-0.05, 0) is 6.07 Å². The van der Waals surface area contributed by atoms with Gasteiger partial charge in [0, 0.05) is 24.0 Å². The van der Waals surface area contributed by atoms with Crippen molar-refractivity contribution in [1.82, 2.24) is 19.7 Å². The minimum absolute atomic E-state index is 0.264. The van der Waals surface area contributed by atoms with Crippen LogP contribution in [0.2, 0.25) is 0 Å². The third-order valence-corrected chi connectivity index (χ3v) is 2.86. The molecule has 0 unspecified atom stereocenters. The lowest BCUT2D eigenvalue weighted by Gasteiger charge is -2.01. The van der Waals surface area contributed by atoms with Gasteiger partial charge in [-0.2, -0.15) is 5.10 Å². The van der Waals surface area contributed by atoms with Crippen molar-refractivity contribution < 1.29 is 9.53 Å². The number of carbonyl (C=O) groups is 1. The lowest BCUT2D eigenvalue weighted by Crippen LogP contribution is -2.05. The van der Waals surface area contributed by atoms with Crippen LogP contribution in [0.1, 0.15) is 10.4 Å². The van der Waals surface area contributed by atoms with Gasteiger partial charge >= 0.3 is 5.97 Å². The van der Waals surface area contributed by atoms with Crippen LogP contribution in [-0.2, 0) is 4.74 Å². The first kappa shape index (κ1) is 12.1. The van der Waals surface area contributed by atoms with E-state index in [9.17, 15) is 4.79 Å². The number of hydrogen-bond donors (Lipinski definition) is 1. The Hall–Kier alpha value is -2.96. The van der Waals surface area contributed by atoms with Gasteiger partial charge in [0.2, 0.25) is 0 Å². The summed E-state index contributed by atoms with van der Waals surface area (Å²) in [7, 11) is 1.33. The molecule has 0 bridgehead atoms. The Morgan fingerprint density at radius 3 is 2.85 bits per heavy atom. The SMILES string of the molecule is COC(=O)c1cccc2cn(-c3nccnc3N)nc12. The highest BCUT2D eigenvalue weighted by atomic mass is 16.5. The molecule has 2 N–H and O–H groups in total. The van der Waals surface area contributed by atoms with Gasteiger partial charge < -0.3 is 10.5 Å². The average molecular weight is 269 g/mol. The first-order chi connectivity index (χ1) is 9.70. The molecule has 0 spiro atoms. The van der Waals surface area contributed by atoms with Gasteiger partial charge in [-0.15, -0.1) is 0 Å². The largest absolute Gasteiger partial charge is 0.465 e. The zero-order chi connectivity index (χ0) is 14.1. The number of hydrogen-bond acceptors (Lipinski definition) is 6. The van der Waals surface area contributed by atoms with Crippen molar-refractivity contribution in [3.05, 3.63) is 42.4 Å². The van der Waals surface area contributed by atoms with Crippen LogP contribution < -0.4 is 5.73 Å². The van der Waals surface area contributed by atoms with Crippen molar-refractivity contribution in [2.75, 3.05) is 12.8 Å². The molecule has 0 radical (unpaired) electrons. The summed E-state index contributed by atoms with van der Waals surface area (Å²) in [5, 5.41) is 5.14. The van der Waals surface area contributed by atoms with Crippen molar-refractivity contribution in [3.8, 4) is 5.82 Å². The molecule has 0 saturated carbocycles. The van der Waals surface area contributed by atoms with Crippen LogP contribution in [0.3, 0.4) is 0 Å². The maximum Gasteiger partial charge on any atom is 0.340 e. The van der Waals surface area contributed by atoms with Crippen LogP contribution in [0.5, 0.6) is 0 Å². The summed E-state index contributed by atoms with van der Waals surface area (Å²) in [6, 6.07) is 5.27. The van der Waals surface area contributed by atoms with Gasteiger partial charge in [0.25, 0.3) is 0 Å². The van der Waals surface area contributed by atoms with Gasteiger partial charge in [-0.1, -0.05) is 12.1 Å². The highest BCUT2D eigenvalue weighted by Crippen LogP contribution is 2.20.